The van der Waals surface area contributed by atoms with Crippen LogP contribution in [0, 0.1) is 12.7 Å². The fourth-order valence-corrected chi connectivity index (χ4v) is 2.61. The van der Waals surface area contributed by atoms with Gasteiger partial charge in [-0.1, -0.05) is 0 Å². The van der Waals surface area contributed by atoms with Gasteiger partial charge in [0.15, 0.2) is 0 Å². The van der Waals surface area contributed by atoms with Crippen molar-refractivity contribution in [1.29, 1.82) is 0 Å². The van der Waals surface area contributed by atoms with E-state index in [4.69, 9.17) is 0 Å². The van der Waals surface area contributed by atoms with Crippen LogP contribution in [0.2, 0.25) is 0 Å². The Morgan fingerprint density at radius 3 is 2.76 bits per heavy atom. The molecular weight excluding hydrogens is 221 g/mol. The Morgan fingerprint density at radius 2 is 2.18 bits per heavy atom. The minimum atomic E-state index is -0.814. The van der Waals surface area contributed by atoms with Crippen LogP contribution in [-0.2, 0) is 10.2 Å². The lowest BCUT2D eigenvalue weighted by Gasteiger charge is -2.10. The minimum absolute atomic E-state index is 0.334. The van der Waals surface area contributed by atoms with E-state index in [1.165, 1.54) is 12.1 Å². The maximum atomic E-state index is 13.3. The molecule has 0 atom stereocenters. The predicted octanol–water partition coefficient (Wildman–Crippen LogP) is 2.73. The van der Waals surface area contributed by atoms with Crippen LogP contribution in [0.15, 0.2) is 18.2 Å². The third kappa shape index (κ3) is 1.30. The monoisotopic (exact) mass is 233 g/mol. The Bertz CT molecular complexity index is 626. The molecule has 0 radical (unpaired) electrons. The molecule has 88 valence electrons. The number of hydrogen-bond acceptors (Lipinski definition) is 1. The van der Waals surface area contributed by atoms with E-state index in [-0.39, 0.29) is 5.82 Å². The van der Waals surface area contributed by atoms with Crippen LogP contribution in [0.5, 0.6) is 0 Å². The number of H-pyrrole nitrogens is 1. The Morgan fingerprint density at radius 1 is 1.47 bits per heavy atom. The van der Waals surface area contributed by atoms with E-state index in [1.807, 2.05) is 6.92 Å². The normalized spacial score (nSPS) is 17.3. The second-order valence-corrected chi connectivity index (χ2v) is 4.70. The molecule has 4 heteroatoms. The minimum Gasteiger partial charge on any atom is -0.481 e. The number of aromatic amines is 1. The molecule has 0 unspecified atom stereocenters. The number of aliphatic carboxylic acids is 1. The molecular formula is C13H12FNO2. The van der Waals surface area contributed by atoms with Crippen LogP contribution in [0.1, 0.15) is 24.1 Å². The number of aryl methyl sites for hydroxylation is 1. The Labute approximate surface area is 97.3 Å². The zero-order valence-corrected chi connectivity index (χ0v) is 9.38. The second kappa shape index (κ2) is 3.09. The smallest absolute Gasteiger partial charge is 0.314 e. The lowest BCUT2D eigenvalue weighted by atomic mass is 9.93. The number of fused-ring (bicyclic) bond motifs is 1. The van der Waals surface area contributed by atoms with E-state index in [2.05, 4.69) is 4.98 Å². The van der Waals surface area contributed by atoms with Crippen molar-refractivity contribution in [2.75, 3.05) is 0 Å². The van der Waals surface area contributed by atoms with E-state index in [0.29, 0.717) is 18.2 Å². The number of halogens is 1. The SMILES string of the molecule is Cc1[nH]c2ccc(F)cc2c1C1(C(=O)O)CC1. The number of carboxylic acids is 1. The number of rotatable bonds is 2. The quantitative estimate of drug-likeness (QED) is 0.837. The summed E-state index contributed by atoms with van der Waals surface area (Å²) in [5.74, 6) is -1.15. The average Bonchev–Trinajstić information content (AvgIpc) is 2.98. The van der Waals surface area contributed by atoms with E-state index >= 15 is 0 Å². The zero-order chi connectivity index (χ0) is 12.2. The first-order valence-corrected chi connectivity index (χ1v) is 5.56. The van der Waals surface area contributed by atoms with Gasteiger partial charge in [0.1, 0.15) is 5.82 Å². The first-order chi connectivity index (χ1) is 8.04. The van der Waals surface area contributed by atoms with Gasteiger partial charge in [-0.15, -0.1) is 0 Å². The summed E-state index contributed by atoms with van der Waals surface area (Å²) in [6.07, 6.45) is 1.26. The highest BCUT2D eigenvalue weighted by atomic mass is 19.1. The number of hydrogen-bond donors (Lipinski definition) is 2. The summed E-state index contributed by atoms with van der Waals surface area (Å²) in [7, 11) is 0. The first kappa shape index (κ1) is 10.3. The molecule has 3 nitrogen and oxygen atoms in total. The Kier molecular flexibility index (Phi) is 1.88. The maximum Gasteiger partial charge on any atom is 0.314 e. The molecule has 0 amide bonds. The van der Waals surface area contributed by atoms with Crippen molar-refractivity contribution >= 4 is 16.9 Å². The number of nitrogens with one attached hydrogen (secondary N) is 1. The topological polar surface area (TPSA) is 53.1 Å². The van der Waals surface area contributed by atoms with Gasteiger partial charge < -0.3 is 10.1 Å². The lowest BCUT2D eigenvalue weighted by Crippen LogP contribution is -2.20. The van der Waals surface area contributed by atoms with Crippen molar-refractivity contribution < 1.29 is 14.3 Å². The molecule has 0 spiro atoms. The van der Waals surface area contributed by atoms with Gasteiger partial charge in [-0.3, -0.25) is 4.79 Å². The van der Waals surface area contributed by atoms with Crippen LogP contribution in [0.3, 0.4) is 0 Å². The zero-order valence-electron chi connectivity index (χ0n) is 9.38. The molecule has 3 rings (SSSR count). The molecule has 17 heavy (non-hydrogen) atoms. The van der Waals surface area contributed by atoms with Crippen molar-refractivity contribution in [3.63, 3.8) is 0 Å². The summed E-state index contributed by atoms with van der Waals surface area (Å²) in [6, 6.07) is 4.44. The van der Waals surface area contributed by atoms with Gasteiger partial charge in [-0.05, 0) is 43.5 Å². The van der Waals surface area contributed by atoms with Gasteiger partial charge in [-0.2, -0.15) is 0 Å². The number of carboxylic acid groups (broad SMARTS) is 1. The largest absolute Gasteiger partial charge is 0.481 e. The van der Waals surface area contributed by atoms with Gasteiger partial charge in [0.2, 0.25) is 0 Å². The van der Waals surface area contributed by atoms with Crippen molar-refractivity contribution in [2.24, 2.45) is 0 Å². The molecule has 2 N–H and O–H groups in total. The fourth-order valence-electron chi connectivity index (χ4n) is 2.61. The number of aromatic nitrogens is 1. The molecule has 1 heterocycles. The fraction of sp³-hybridized carbons (Fsp3) is 0.308. The predicted molar refractivity (Wildman–Crippen MR) is 61.5 cm³/mol. The molecule has 1 fully saturated rings. The van der Waals surface area contributed by atoms with Crippen molar-refractivity contribution in [3.8, 4) is 0 Å². The van der Waals surface area contributed by atoms with Crippen molar-refractivity contribution in [2.45, 2.75) is 25.2 Å². The van der Waals surface area contributed by atoms with Crippen LogP contribution in [-0.4, -0.2) is 16.1 Å². The maximum absolute atomic E-state index is 13.3. The van der Waals surface area contributed by atoms with Gasteiger partial charge in [0.05, 0.1) is 5.41 Å². The molecule has 1 aromatic heterocycles. The lowest BCUT2D eigenvalue weighted by molar-refractivity contribution is -0.140. The number of benzene rings is 1. The average molecular weight is 233 g/mol. The van der Waals surface area contributed by atoms with E-state index in [9.17, 15) is 14.3 Å². The third-order valence-electron chi connectivity index (χ3n) is 3.59. The standard InChI is InChI=1S/C13H12FNO2/c1-7-11(13(4-5-13)12(16)17)9-6-8(14)2-3-10(9)15-7/h2-3,6,15H,4-5H2,1H3,(H,16,17). The van der Waals surface area contributed by atoms with Crippen LogP contribution < -0.4 is 0 Å². The molecule has 1 saturated carbocycles. The van der Waals surface area contributed by atoms with Gasteiger partial charge in [-0.25, -0.2) is 4.39 Å². The van der Waals surface area contributed by atoms with Gasteiger partial charge in [0.25, 0.3) is 0 Å². The third-order valence-corrected chi connectivity index (χ3v) is 3.59. The molecule has 2 aromatic rings. The summed E-state index contributed by atoms with van der Waals surface area (Å²) in [5, 5.41) is 10.0. The molecule has 1 aliphatic rings. The van der Waals surface area contributed by atoms with Crippen LogP contribution >= 0.6 is 0 Å². The Hall–Kier alpha value is -1.84. The summed E-state index contributed by atoms with van der Waals surface area (Å²) < 4.78 is 13.3. The van der Waals surface area contributed by atoms with Gasteiger partial charge in [0, 0.05) is 16.6 Å². The van der Waals surface area contributed by atoms with Crippen LogP contribution in [0.25, 0.3) is 10.9 Å². The van der Waals surface area contributed by atoms with E-state index in [1.54, 1.807) is 6.07 Å². The summed E-state index contributed by atoms with van der Waals surface area (Å²) in [6.45, 7) is 1.84. The highest BCUT2D eigenvalue weighted by Gasteiger charge is 2.53. The van der Waals surface area contributed by atoms with E-state index < -0.39 is 11.4 Å². The van der Waals surface area contributed by atoms with Crippen molar-refractivity contribution in [3.05, 3.63) is 35.3 Å². The molecule has 0 bridgehead atoms. The van der Waals surface area contributed by atoms with E-state index in [0.717, 1.165) is 16.8 Å². The summed E-state index contributed by atoms with van der Waals surface area (Å²) in [5.41, 5.74) is 1.58. The summed E-state index contributed by atoms with van der Waals surface area (Å²) in [4.78, 5) is 14.5. The first-order valence-electron chi connectivity index (χ1n) is 5.56. The highest BCUT2D eigenvalue weighted by Crippen LogP contribution is 2.51. The summed E-state index contributed by atoms with van der Waals surface area (Å²) >= 11 is 0. The Balaban J connectivity index is 2.32. The molecule has 1 aliphatic carbocycles. The van der Waals surface area contributed by atoms with Crippen molar-refractivity contribution in [1.82, 2.24) is 4.98 Å². The molecule has 0 aliphatic heterocycles. The van der Waals surface area contributed by atoms with Gasteiger partial charge >= 0.3 is 5.97 Å². The highest BCUT2D eigenvalue weighted by molar-refractivity contribution is 5.95. The number of carbonyl (C=O) groups is 1. The molecule has 0 saturated heterocycles. The molecule has 1 aromatic carbocycles. The van der Waals surface area contributed by atoms with Crippen LogP contribution in [0.4, 0.5) is 4.39 Å². The second-order valence-electron chi connectivity index (χ2n) is 4.70.